The molecule has 26 heavy (non-hydrogen) atoms. The lowest BCUT2D eigenvalue weighted by Crippen LogP contribution is -2.24. The van der Waals surface area contributed by atoms with Crippen LogP contribution in [-0.4, -0.2) is 20.9 Å². The van der Waals surface area contributed by atoms with Crippen molar-refractivity contribution < 1.29 is 9.53 Å². The molecule has 0 radical (unpaired) electrons. The molecule has 0 saturated carbocycles. The van der Waals surface area contributed by atoms with Crippen molar-refractivity contribution in [3.05, 3.63) is 76.1 Å². The standard InChI is InChI=1S/C19H17ClN4O2/c1-12-2-8-15(9-3-12)21-19(25)18-16-11-26-17(10-24(16)23-22-18)13-4-6-14(20)7-5-13/h2-9,17H,10-11H2,1H3,(H,21,25)/t17-/m1/s1. The Morgan fingerprint density at radius 2 is 1.92 bits per heavy atom. The van der Waals surface area contributed by atoms with Crippen LogP contribution in [0.4, 0.5) is 5.69 Å². The molecule has 1 N–H and O–H groups in total. The zero-order chi connectivity index (χ0) is 18.1. The van der Waals surface area contributed by atoms with Crippen LogP contribution in [0.3, 0.4) is 0 Å². The highest BCUT2D eigenvalue weighted by Gasteiger charge is 2.27. The third-order valence-corrected chi connectivity index (χ3v) is 4.62. The third-order valence-electron chi connectivity index (χ3n) is 4.36. The number of hydrogen-bond acceptors (Lipinski definition) is 4. The number of nitrogens with zero attached hydrogens (tertiary/aromatic N) is 3. The number of rotatable bonds is 3. The molecule has 132 valence electrons. The first kappa shape index (κ1) is 16.8. The zero-order valence-electron chi connectivity index (χ0n) is 14.1. The largest absolute Gasteiger partial charge is 0.365 e. The number of anilines is 1. The highest BCUT2D eigenvalue weighted by atomic mass is 35.5. The van der Waals surface area contributed by atoms with Crippen LogP contribution in [0.2, 0.25) is 5.02 Å². The molecule has 0 aliphatic carbocycles. The summed E-state index contributed by atoms with van der Waals surface area (Å²) in [6, 6.07) is 15.1. The van der Waals surface area contributed by atoms with Gasteiger partial charge in [0.15, 0.2) is 5.69 Å². The SMILES string of the molecule is Cc1ccc(NC(=O)c2nnn3c2CO[C@@H](c2ccc(Cl)cc2)C3)cc1. The van der Waals surface area contributed by atoms with Gasteiger partial charge in [-0.25, -0.2) is 4.68 Å². The van der Waals surface area contributed by atoms with Gasteiger partial charge in [-0.05, 0) is 36.8 Å². The van der Waals surface area contributed by atoms with Gasteiger partial charge in [0.2, 0.25) is 0 Å². The number of aryl methyl sites for hydroxylation is 1. The molecule has 6 nitrogen and oxygen atoms in total. The summed E-state index contributed by atoms with van der Waals surface area (Å²) in [6.07, 6.45) is -0.144. The maximum Gasteiger partial charge on any atom is 0.278 e. The first-order chi connectivity index (χ1) is 12.6. The molecule has 1 aliphatic heterocycles. The monoisotopic (exact) mass is 368 g/mol. The quantitative estimate of drug-likeness (QED) is 0.764. The fraction of sp³-hybridized carbons (Fsp3) is 0.211. The van der Waals surface area contributed by atoms with E-state index in [0.29, 0.717) is 23.0 Å². The Morgan fingerprint density at radius 3 is 2.65 bits per heavy atom. The molecule has 0 unspecified atom stereocenters. The van der Waals surface area contributed by atoms with Gasteiger partial charge in [0, 0.05) is 10.7 Å². The average molecular weight is 369 g/mol. The van der Waals surface area contributed by atoms with Crippen LogP contribution in [0, 0.1) is 6.92 Å². The number of carbonyl (C=O) groups is 1. The summed E-state index contributed by atoms with van der Waals surface area (Å²) in [6.45, 7) is 2.77. The Morgan fingerprint density at radius 1 is 1.19 bits per heavy atom. The third kappa shape index (κ3) is 3.34. The van der Waals surface area contributed by atoms with Crippen LogP contribution in [0.25, 0.3) is 0 Å². The molecule has 4 rings (SSSR count). The van der Waals surface area contributed by atoms with Gasteiger partial charge in [0.05, 0.1) is 18.8 Å². The molecule has 7 heteroatoms. The second kappa shape index (κ2) is 6.90. The van der Waals surface area contributed by atoms with E-state index in [9.17, 15) is 4.79 Å². The predicted octanol–water partition coefficient (Wildman–Crippen LogP) is 3.76. The summed E-state index contributed by atoms with van der Waals surface area (Å²) in [5.74, 6) is -0.288. The lowest BCUT2D eigenvalue weighted by atomic mass is 10.1. The van der Waals surface area contributed by atoms with Crippen LogP contribution in [0.5, 0.6) is 0 Å². The average Bonchev–Trinajstić information content (AvgIpc) is 3.07. The summed E-state index contributed by atoms with van der Waals surface area (Å²) in [5, 5.41) is 11.7. The Bertz CT molecular complexity index is 935. The molecule has 2 aromatic carbocycles. The van der Waals surface area contributed by atoms with Crippen molar-refractivity contribution >= 4 is 23.2 Å². The van der Waals surface area contributed by atoms with E-state index >= 15 is 0 Å². The maximum atomic E-state index is 12.5. The van der Waals surface area contributed by atoms with Gasteiger partial charge in [-0.3, -0.25) is 4.79 Å². The zero-order valence-corrected chi connectivity index (χ0v) is 14.9. The van der Waals surface area contributed by atoms with Gasteiger partial charge in [-0.15, -0.1) is 5.10 Å². The van der Waals surface area contributed by atoms with E-state index in [1.165, 1.54) is 0 Å². The molecule has 1 aliphatic rings. The number of aromatic nitrogens is 3. The minimum Gasteiger partial charge on any atom is -0.365 e. The molecule has 3 aromatic rings. The highest BCUT2D eigenvalue weighted by molar-refractivity contribution is 6.30. The molecule has 0 bridgehead atoms. The molecule has 0 saturated heterocycles. The van der Waals surface area contributed by atoms with Crippen molar-refractivity contribution in [2.24, 2.45) is 0 Å². The molecular weight excluding hydrogens is 352 g/mol. The lowest BCUT2D eigenvalue weighted by molar-refractivity contribution is -0.00171. The summed E-state index contributed by atoms with van der Waals surface area (Å²) in [5.41, 5.74) is 3.84. The van der Waals surface area contributed by atoms with Crippen molar-refractivity contribution in [2.45, 2.75) is 26.2 Å². The first-order valence-corrected chi connectivity index (χ1v) is 8.65. The summed E-state index contributed by atoms with van der Waals surface area (Å²) in [7, 11) is 0. The van der Waals surface area contributed by atoms with E-state index in [4.69, 9.17) is 16.3 Å². The van der Waals surface area contributed by atoms with Crippen molar-refractivity contribution in [1.82, 2.24) is 15.0 Å². The van der Waals surface area contributed by atoms with Crippen molar-refractivity contribution in [3.8, 4) is 0 Å². The van der Waals surface area contributed by atoms with Gasteiger partial charge >= 0.3 is 0 Å². The fourth-order valence-electron chi connectivity index (χ4n) is 2.89. The normalized spacial score (nSPS) is 16.2. The number of nitrogens with one attached hydrogen (secondary N) is 1. The van der Waals surface area contributed by atoms with E-state index in [0.717, 1.165) is 16.8 Å². The molecule has 1 aromatic heterocycles. The smallest absolute Gasteiger partial charge is 0.278 e. The Labute approximate surface area is 155 Å². The number of ether oxygens (including phenoxy) is 1. The van der Waals surface area contributed by atoms with E-state index in [1.807, 2.05) is 55.5 Å². The van der Waals surface area contributed by atoms with Crippen LogP contribution in [0.15, 0.2) is 48.5 Å². The number of amides is 1. The van der Waals surface area contributed by atoms with Crippen LogP contribution in [-0.2, 0) is 17.9 Å². The number of hydrogen-bond donors (Lipinski definition) is 1. The summed E-state index contributed by atoms with van der Waals surface area (Å²) in [4.78, 5) is 12.5. The van der Waals surface area contributed by atoms with Crippen molar-refractivity contribution in [3.63, 3.8) is 0 Å². The van der Waals surface area contributed by atoms with E-state index in [2.05, 4.69) is 15.6 Å². The minimum atomic E-state index is -0.288. The molecule has 0 fully saturated rings. The molecule has 1 amide bonds. The molecule has 1 atom stereocenters. The van der Waals surface area contributed by atoms with Crippen LogP contribution < -0.4 is 5.32 Å². The van der Waals surface area contributed by atoms with E-state index in [-0.39, 0.29) is 18.6 Å². The summed E-state index contributed by atoms with van der Waals surface area (Å²) >= 11 is 5.93. The topological polar surface area (TPSA) is 69.0 Å². The second-order valence-corrected chi connectivity index (χ2v) is 6.67. The fourth-order valence-corrected chi connectivity index (χ4v) is 3.02. The summed E-state index contributed by atoms with van der Waals surface area (Å²) < 4.78 is 7.65. The van der Waals surface area contributed by atoms with Gasteiger partial charge in [0.1, 0.15) is 6.10 Å². The minimum absolute atomic E-state index is 0.144. The number of halogens is 1. The predicted molar refractivity (Wildman–Crippen MR) is 98.1 cm³/mol. The Hall–Kier alpha value is -2.70. The number of fused-ring (bicyclic) bond motifs is 1. The second-order valence-electron chi connectivity index (χ2n) is 6.24. The Balaban J connectivity index is 1.51. The van der Waals surface area contributed by atoms with Gasteiger partial charge < -0.3 is 10.1 Å². The maximum absolute atomic E-state index is 12.5. The van der Waals surface area contributed by atoms with Gasteiger partial charge in [0.25, 0.3) is 5.91 Å². The van der Waals surface area contributed by atoms with Crippen LogP contribution >= 0.6 is 11.6 Å². The van der Waals surface area contributed by atoms with Gasteiger partial charge in [-0.1, -0.05) is 46.6 Å². The van der Waals surface area contributed by atoms with Gasteiger partial charge in [-0.2, -0.15) is 0 Å². The molecule has 0 spiro atoms. The van der Waals surface area contributed by atoms with E-state index < -0.39 is 0 Å². The van der Waals surface area contributed by atoms with Crippen molar-refractivity contribution in [1.29, 1.82) is 0 Å². The van der Waals surface area contributed by atoms with E-state index in [1.54, 1.807) is 4.68 Å². The Kier molecular flexibility index (Phi) is 4.44. The molecular formula is C19H17ClN4O2. The number of carbonyl (C=O) groups excluding carboxylic acids is 1. The highest BCUT2D eigenvalue weighted by Crippen LogP contribution is 2.28. The molecule has 2 heterocycles. The van der Waals surface area contributed by atoms with Crippen LogP contribution in [0.1, 0.15) is 33.4 Å². The number of benzene rings is 2. The van der Waals surface area contributed by atoms with Crippen molar-refractivity contribution in [2.75, 3.05) is 5.32 Å². The lowest BCUT2D eigenvalue weighted by Gasteiger charge is -2.24. The first-order valence-electron chi connectivity index (χ1n) is 8.27.